The Labute approximate surface area is 112 Å². The highest BCUT2D eigenvalue weighted by molar-refractivity contribution is 9.11. The summed E-state index contributed by atoms with van der Waals surface area (Å²) >= 11 is 6.66. The maximum Gasteiger partial charge on any atom is 0.312 e. The summed E-state index contributed by atoms with van der Waals surface area (Å²) in [5, 5.41) is 0. The maximum absolute atomic E-state index is 11.6. The first-order valence-electron chi connectivity index (χ1n) is 4.80. The van der Waals surface area contributed by atoms with Crippen LogP contribution < -0.4 is 0 Å². The first-order chi connectivity index (χ1) is 7.28. The molecular formula is C11H13Br2NO2. The van der Waals surface area contributed by atoms with E-state index in [1.807, 2.05) is 26.8 Å². The second-order valence-electron chi connectivity index (χ2n) is 4.35. The number of esters is 1. The minimum Gasteiger partial charge on any atom is -0.460 e. The third-order valence-corrected chi connectivity index (χ3v) is 2.74. The Morgan fingerprint density at radius 1 is 1.44 bits per heavy atom. The van der Waals surface area contributed by atoms with Crippen molar-refractivity contribution in [3.8, 4) is 0 Å². The molecule has 1 heterocycles. The number of carbonyl (C=O) groups is 1. The smallest absolute Gasteiger partial charge is 0.312 e. The van der Waals surface area contributed by atoms with Crippen LogP contribution >= 0.6 is 31.9 Å². The quantitative estimate of drug-likeness (QED) is 0.766. The SMILES string of the molecule is CC(C)(C)OC(=O)Cc1ncc(Br)cc1Br. The van der Waals surface area contributed by atoms with Crippen molar-refractivity contribution >= 4 is 37.8 Å². The molecule has 0 fully saturated rings. The molecule has 0 aliphatic rings. The van der Waals surface area contributed by atoms with E-state index in [1.54, 1.807) is 6.20 Å². The lowest BCUT2D eigenvalue weighted by atomic mass is 10.2. The van der Waals surface area contributed by atoms with Crippen LogP contribution in [0.25, 0.3) is 0 Å². The molecule has 0 N–H and O–H groups in total. The first kappa shape index (κ1) is 13.6. The summed E-state index contributed by atoms with van der Waals surface area (Å²) in [4.78, 5) is 15.7. The van der Waals surface area contributed by atoms with E-state index < -0.39 is 5.60 Å². The molecule has 88 valence electrons. The average Bonchev–Trinajstić information content (AvgIpc) is 2.06. The molecule has 3 nitrogen and oxygen atoms in total. The van der Waals surface area contributed by atoms with E-state index in [2.05, 4.69) is 36.8 Å². The van der Waals surface area contributed by atoms with Crippen molar-refractivity contribution in [1.82, 2.24) is 4.98 Å². The zero-order valence-corrected chi connectivity index (χ0v) is 12.6. The Morgan fingerprint density at radius 3 is 2.56 bits per heavy atom. The second-order valence-corrected chi connectivity index (χ2v) is 6.12. The van der Waals surface area contributed by atoms with Gasteiger partial charge in [0, 0.05) is 15.1 Å². The van der Waals surface area contributed by atoms with Gasteiger partial charge in [-0.05, 0) is 58.7 Å². The second kappa shape index (κ2) is 5.27. The van der Waals surface area contributed by atoms with Gasteiger partial charge in [-0.2, -0.15) is 0 Å². The van der Waals surface area contributed by atoms with Crippen LogP contribution in [0.15, 0.2) is 21.2 Å². The highest BCUT2D eigenvalue weighted by Gasteiger charge is 2.17. The topological polar surface area (TPSA) is 39.2 Å². The highest BCUT2D eigenvalue weighted by Crippen LogP contribution is 2.20. The van der Waals surface area contributed by atoms with Gasteiger partial charge < -0.3 is 4.74 Å². The van der Waals surface area contributed by atoms with Gasteiger partial charge in [-0.3, -0.25) is 9.78 Å². The molecule has 0 amide bonds. The molecule has 0 saturated heterocycles. The molecular weight excluding hydrogens is 338 g/mol. The van der Waals surface area contributed by atoms with Crippen LogP contribution in [0.5, 0.6) is 0 Å². The Kier molecular flexibility index (Phi) is 4.50. The van der Waals surface area contributed by atoms with Crippen molar-refractivity contribution in [1.29, 1.82) is 0 Å². The summed E-state index contributed by atoms with van der Waals surface area (Å²) < 4.78 is 6.88. The van der Waals surface area contributed by atoms with E-state index in [0.29, 0.717) is 5.69 Å². The summed E-state index contributed by atoms with van der Waals surface area (Å²) in [5.41, 5.74) is 0.219. The van der Waals surface area contributed by atoms with E-state index in [4.69, 9.17) is 4.74 Å². The number of halogens is 2. The fraction of sp³-hybridized carbons (Fsp3) is 0.455. The molecule has 16 heavy (non-hydrogen) atoms. The zero-order chi connectivity index (χ0) is 12.3. The molecule has 1 aromatic rings. The van der Waals surface area contributed by atoms with Crippen molar-refractivity contribution in [2.75, 3.05) is 0 Å². The predicted octanol–water partition coefficient (Wildman–Crippen LogP) is 3.49. The predicted molar refractivity (Wildman–Crippen MR) is 69.2 cm³/mol. The largest absolute Gasteiger partial charge is 0.460 e. The van der Waals surface area contributed by atoms with Gasteiger partial charge in [0.25, 0.3) is 0 Å². The third kappa shape index (κ3) is 4.61. The minimum atomic E-state index is -0.459. The standard InChI is InChI=1S/C11H13Br2NO2/c1-11(2,3)16-10(15)5-9-8(13)4-7(12)6-14-9/h4,6H,5H2,1-3H3. The number of carbonyl (C=O) groups excluding carboxylic acids is 1. The first-order valence-corrected chi connectivity index (χ1v) is 6.38. The Bertz CT molecular complexity index is 399. The van der Waals surface area contributed by atoms with E-state index in [1.165, 1.54) is 0 Å². The molecule has 0 atom stereocenters. The summed E-state index contributed by atoms with van der Waals surface area (Å²) in [6, 6.07) is 1.85. The average molecular weight is 351 g/mol. The van der Waals surface area contributed by atoms with Gasteiger partial charge in [-0.1, -0.05) is 0 Å². The fourth-order valence-electron chi connectivity index (χ4n) is 1.09. The summed E-state index contributed by atoms with van der Waals surface area (Å²) in [6.45, 7) is 5.53. The lowest BCUT2D eigenvalue weighted by Crippen LogP contribution is -2.25. The van der Waals surface area contributed by atoms with Crippen molar-refractivity contribution in [2.24, 2.45) is 0 Å². The van der Waals surface area contributed by atoms with Gasteiger partial charge in [-0.25, -0.2) is 0 Å². The summed E-state index contributed by atoms with van der Waals surface area (Å²) in [7, 11) is 0. The highest BCUT2D eigenvalue weighted by atomic mass is 79.9. The molecule has 0 aliphatic carbocycles. The molecule has 1 aromatic heterocycles. The molecule has 0 aliphatic heterocycles. The number of hydrogen-bond donors (Lipinski definition) is 0. The number of ether oxygens (including phenoxy) is 1. The lowest BCUT2D eigenvalue weighted by molar-refractivity contribution is -0.154. The molecule has 1 rings (SSSR count). The molecule has 0 aromatic carbocycles. The van der Waals surface area contributed by atoms with Crippen LogP contribution in [0.2, 0.25) is 0 Å². The zero-order valence-electron chi connectivity index (χ0n) is 9.38. The van der Waals surface area contributed by atoms with E-state index in [9.17, 15) is 4.79 Å². The Balaban J connectivity index is 2.70. The molecule has 0 unspecified atom stereocenters. The van der Waals surface area contributed by atoms with Crippen LogP contribution in [0, 0.1) is 0 Å². The van der Waals surface area contributed by atoms with Crippen LogP contribution in [-0.2, 0) is 16.0 Å². The Hall–Kier alpha value is -0.420. The van der Waals surface area contributed by atoms with Crippen molar-refractivity contribution < 1.29 is 9.53 Å². The van der Waals surface area contributed by atoms with Crippen molar-refractivity contribution in [3.05, 3.63) is 26.9 Å². The van der Waals surface area contributed by atoms with Gasteiger partial charge >= 0.3 is 5.97 Å². The minimum absolute atomic E-state index is 0.172. The van der Waals surface area contributed by atoms with Gasteiger partial charge in [0.1, 0.15) is 5.60 Å². The third-order valence-electron chi connectivity index (χ3n) is 1.62. The maximum atomic E-state index is 11.6. The van der Waals surface area contributed by atoms with E-state index >= 15 is 0 Å². The van der Waals surface area contributed by atoms with Crippen molar-refractivity contribution in [2.45, 2.75) is 32.8 Å². The van der Waals surface area contributed by atoms with Crippen LogP contribution in [0.3, 0.4) is 0 Å². The number of rotatable bonds is 2. The Morgan fingerprint density at radius 2 is 2.06 bits per heavy atom. The van der Waals surface area contributed by atoms with Crippen LogP contribution in [0.4, 0.5) is 0 Å². The van der Waals surface area contributed by atoms with Gasteiger partial charge in [0.2, 0.25) is 0 Å². The van der Waals surface area contributed by atoms with Crippen LogP contribution in [0.1, 0.15) is 26.5 Å². The van der Waals surface area contributed by atoms with Gasteiger partial charge in [0.05, 0.1) is 12.1 Å². The summed E-state index contributed by atoms with van der Waals surface area (Å²) in [6.07, 6.45) is 1.83. The molecule has 0 bridgehead atoms. The number of nitrogens with zero attached hydrogens (tertiary/aromatic N) is 1. The lowest BCUT2D eigenvalue weighted by Gasteiger charge is -2.19. The molecule has 0 spiro atoms. The van der Waals surface area contributed by atoms with Crippen LogP contribution in [-0.4, -0.2) is 16.6 Å². The van der Waals surface area contributed by atoms with E-state index in [-0.39, 0.29) is 12.4 Å². The number of pyridine rings is 1. The van der Waals surface area contributed by atoms with Gasteiger partial charge in [0.15, 0.2) is 0 Å². The van der Waals surface area contributed by atoms with Gasteiger partial charge in [-0.15, -0.1) is 0 Å². The molecule has 0 radical (unpaired) electrons. The molecule has 0 saturated carbocycles. The number of aromatic nitrogens is 1. The molecule has 5 heteroatoms. The number of hydrogen-bond acceptors (Lipinski definition) is 3. The summed E-state index contributed by atoms with van der Waals surface area (Å²) in [5.74, 6) is -0.275. The normalized spacial score (nSPS) is 11.3. The van der Waals surface area contributed by atoms with E-state index in [0.717, 1.165) is 8.95 Å². The fourth-order valence-corrected chi connectivity index (χ4v) is 2.21. The monoisotopic (exact) mass is 349 g/mol. The van der Waals surface area contributed by atoms with Crippen molar-refractivity contribution in [3.63, 3.8) is 0 Å².